The van der Waals surface area contributed by atoms with E-state index in [2.05, 4.69) is 18.0 Å². The molecule has 0 bridgehead atoms. The van der Waals surface area contributed by atoms with Gasteiger partial charge in [-0.25, -0.2) is 4.79 Å². The molecule has 0 spiro atoms. The monoisotopic (exact) mass is 346 g/mol. The van der Waals surface area contributed by atoms with Gasteiger partial charge < -0.3 is 19.7 Å². The van der Waals surface area contributed by atoms with Crippen LogP contribution in [0.2, 0.25) is 0 Å². The summed E-state index contributed by atoms with van der Waals surface area (Å²) in [6, 6.07) is 8.08. The highest BCUT2D eigenvalue weighted by molar-refractivity contribution is 5.75. The number of carbonyl (C=O) groups is 1. The predicted molar refractivity (Wildman–Crippen MR) is 100 cm³/mol. The summed E-state index contributed by atoms with van der Waals surface area (Å²) in [5, 5.41) is 3.15. The number of ether oxygens (including phenoxy) is 2. The van der Waals surface area contributed by atoms with Crippen LogP contribution in [0, 0.1) is 0 Å². The van der Waals surface area contributed by atoms with E-state index in [9.17, 15) is 4.79 Å². The van der Waals surface area contributed by atoms with Crippen molar-refractivity contribution in [3.8, 4) is 0 Å². The summed E-state index contributed by atoms with van der Waals surface area (Å²) >= 11 is 0. The van der Waals surface area contributed by atoms with Gasteiger partial charge in [0.15, 0.2) is 5.79 Å². The summed E-state index contributed by atoms with van der Waals surface area (Å²) in [5.74, 6) is -0.567. The molecule has 0 unspecified atom stereocenters. The summed E-state index contributed by atoms with van der Waals surface area (Å²) < 4.78 is 10.9. The van der Waals surface area contributed by atoms with Gasteiger partial charge in [-0.1, -0.05) is 30.4 Å². The Morgan fingerprint density at radius 1 is 1.24 bits per heavy atom. The number of methoxy groups -OCH3 is 2. The van der Waals surface area contributed by atoms with Gasteiger partial charge in [0.25, 0.3) is 0 Å². The average Bonchev–Trinajstić information content (AvgIpc) is 2.61. The topological polar surface area (TPSA) is 50.8 Å². The highest BCUT2D eigenvalue weighted by Crippen LogP contribution is 2.28. The number of allylic oxidation sites excluding steroid dienone is 1. The standard InChI is InChI=1S/C20H30N2O3/c1-15(2)16-8-7-9-17(14-16)19(3,4)21-18(23)22-12-10-20(24-5,25-6)11-13-22/h7-9,14H,1,10-13H2,2-6H3,(H,21,23). The smallest absolute Gasteiger partial charge is 0.318 e. The third-order valence-electron chi connectivity index (χ3n) is 5.05. The first-order valence-electron chi connectivity index (χ1n) is 8.67. The molecule has 1 aromatic rings. The van der Waals surface area contributed by atoms with Crippen molar-refractivity contribution in [2.45, 2.75) is 44.9 Å². The molecule has 25 heavy (non-hydrogen) atoms. The fourth-order valence-corrected chi connectivity index (χ4v) is 3.13. The van der Waals surface area contributed by atoms with Gasteiger partial charge in [0.05, 0.1) is 5.54 Å². The van der Waals surface area contributed by atoms with Gasteiger partial charge in [0, 0.05) is 40.2 Å². The van der Waals surface area contributed by atoms with Crippen LogP contribution in [0.1, 0.15) is 44.7 Å². The van der Waals surface area contributed by atoms with Gasteiger partial charge in [0.2, 0.25) is 0 Å². The van der Waals surface area contributed by atoms with E-state index in [1.54, 1.807) is 14.2 Å². The van der Waals surface area contributed by atoms with Crippen molar-refractivity contribution in [1.82, 2.24) is 10.2 Å². The van der Waals surface area contributed by atoms with Crippen LogP contribution >= 0.6 is 0 Å². The van der Waals surface area contributed by atoms with Crippen molar-refractivity contribution in [1.29, 1.82) is 0 Å². The number of benzene rings is 1. The minimum absolute atomic E-state index is 0.0634. The minimum atomic E-state index is -0.567. The summed E-state index contributed by atoms with van der Waals surface area (Å²) in [7, 11) is 3.30. The molecule has 2 rings (SSSR count). The largest absolute Gasteiger partial charge is 0.353 e. The van der Waals surface area contributed by atoms with E-state index in [0.717, 1.165) is 16.7 Å². The second-order valence-electron chi connectivity index (χ2n) is 7.22. The third kappa shape index (κ3) is 4.41. The molecule has 1 aliphatic rings. The average molecular weight is 346 g/mol. The number of nitrogens with one attached hydrogen (secondary N) is 1. The van der Waals surface area contributed by atoms with Crippen molar-refractivity contribution in [3.63, 3.8) is 0 Å². The van der Waals surface area contributed by atoms with E-state index in [1.165, 1.54) is 0 Å². The Hall–Kier alpha value is -1.85. The molecule has 1 saturated heterocycles. The first kappa shape index (κ1) is 19.5. The summed E-state index contributed by atoms with van der Waals surface area (Å²) in [4.78, 5) is 14.5. The fourth-order valence-electron chi connectivity index (χ4n) is 3.13. The van der Waals surface area contributed by atoms with E-state index in [0.29, 0.717) is 25.9 Å². The second-order valence-corrected chi connectivity index (χ2v) is 7.22. The maximum absolute atomic E-state index is 12.7. The Morgan fingerprint density at radius 3 is 2.36 bits per heavy atom. The zero-order valence-corrected chi connectivity index (χ0v) is 16.0. The molecule has 1 aromatic carbocycles. The molecule has 0 radical (unpaired) electrons. The Morgan fingerprint density at radius 2 is 1.84 bits per heavy atom. The number of likely N-dealkylation sites (tertiary alicyclic amines) is 1. The van der Waals surface area contributed by atoms with Gasteiger partial charge in [-0.15, -0.1) is 0 Å². The van der Waals surface area contributed by atoms with Crippen molar-refractivity contribution in [2.24, 2.45) is 0 Å². The van der Waals surface area contributed by atoms with Gasteiger partial charge in [0.1, 0.15) is 0 Å². The van der Waals surface area contributed by atoms with E-state index in [-0.39, 0.29) is 6.03 Å². The van der Waals surface area contributed by atoms with Crippen LogP contribution in [0.5, 0.6) is 0 Å². The Labute approximate surface area is 151 Å². The first-order valence-corrected chi connectivity index (χ1v) is 8.67. The number of piperidine rings is 1. The van der Waals surface area contributed by atoms with Crippen LogP contribution in [0.4, 0.5) is 4.79 Å². The normalized spacial score (nSPS) is 17.2. The lowest BCUT2D eigenvalue weighted by Gasteiger charge is -2.40. The summed E-state index contributed by atoms with van der Waals surface area (Å²) in [6.45, 7) is 11.2. The molecule has 1 heterocycles. The Balaban J connectivity index is 2.04. The van der Waals surface area contributed by atoms with E-state index in [4.69, 9.17) is 9.47 Å². The Bertz CT molecular complexity index is 626. The number of nitrogens with zero attached hydrogens (tertiary/aromatic N) is 1. The molecule has 5 nitrogen and oxygen atoms in total. The van der Waals surface area contributed by atoms with Gasteiger partial charge in [-0.2, -0.15) is 0 Å². The van der Waals surface area contributed by atoms with Crippen molar-refractivity contribution >= 4 is 11.6 Å². The van der Waals surface area contributed by atoms with Crippen molar-refractivity contribution in [3.05, 3.63) is 42.0 Å². The van der Waals surface area contributed by atoms with Crippen molar-refractivity contribution in [2.75, 3.05) is 27.3 Å². The van der Waals surface area contributed by atoms with E-state index in [1.807, 2.05) is 43.9 Å². The number of hydrogen-bond acceptors (Lipinski definition) is 3. The second kappa shape index (κ2) is 7.58. The molecular formula is C20H30N2O3. The molecule has 5 heteroatoms. The molecule has 0 aromatic heterocycles. The number of carbonyl (C=O) groups excluding carboxylic acids is 1. The highest BCUT2D eigenvalue weighted by Gasteiger charge is 2.37. The molecule has 138 valence electrons. The lowest BCUT2D eigenvalue weighted by Crippen LogP contribution is -2.54. The summed E-state index contributed by atoms with van der Waals surface area (Å²) in [6.07, 6.45) is 1.33. The predicted octanol–water partition coefficient (Wildman–Crippen LogP) is 3.75. The van der Waals surface area contributed by atoms with Crippen LogP contribution in [0.3, 0.4) is 0 Å². The van der Waals surface area contributed by atoms with Crippen LogP contribution in [-0.4, -0.2) is 44.0 Å². The zero-order chi connectivity index (χ0) is 18.7. The number of urea groups is 1. The van der Waals surface area contributed by atoms with Gasteiger partial charge >= 0.3 is 6.03 Å². The minimum Gasteiger partial charge on any atom is -0.353 e. The zero-order valence-electron chi connectivity index (χ0n) is 16.0. The van der Waals surface area contributed by atoms with E-state index >= 15 is 0 Å². The molecule has 0 saturated carbocycles. The SMILES string of the molecule is C=C(C)c1cccc(C(C)(C)NC(=O)N2CCC(OC)(OC)CC2)c1. The van der Waals surface area contributed by atoms with Crippen LogP contribution in [0.25, 0.3) is 5.57 Å². The molecular weight excluding hydrogens is 316 g/mol. The molecule has 1 aliphatic heterocycles. The van der Waals surface area contributed by atoms with Crippen LogP contribution < -0.4 is 5.32 Å². The highest BCUT2D eigenvalue weighted by atomic mass is 16.7. The first-order chi connectivity index (χ1) is 11.7. The third-order valence-corrected chi connectivity index (χ3v) is 5.05. The quantitative estimate of drug-likeness (QED) is 0.826. The number of rotatable bonds is 5. The lowest BCUT2D eigenvalue weighted by molar-refractivity contribution is -0.226. The lowest BCUT2D eigenvalue weighted by atomic mass is 9.91. The summed E-state index contributed by atoms with van der Waals surface area (Å²) in [5.41, 5.74) is 2.68. The Kier molecular flexibility index (Phi) is 5.91. The molecule has 0 atom stereocenters. The fraction of sp³-hybridized carbons (Fsp3) is 0.550. The van der Waals surface area contributed by atoms with Crippen molar-refractivity contribution < 1.29 is 14.3 Å². The molecule has 2 amide bonds. The van der Waals surface area contributed by atoms with Crippen LogP contribution in [-0.2, 0) is 15.0 Å². The van der Waals surface area contributed by atoms with Crippen LogP contribution in [0.15, 0.2) is 30.8 Å². The number of amides is 2. The number of hydrogen-bond donors (Lipinski definition) is 1. The van der Waals surface area contributed by atoms with Gasteiger partial charge in [-0.05, 0) is 38.0 Å². The van der Waals surface area contributed by atoms with Gasteiger partial charge in [-0.3, -0.25) is 0 Å². The molecule has 0 aliphatic carbocycles. The molecule has 1 N–H and O–H groups in total. The maximum Gasteiger partial charge on any atom is 0.318 e. The van der Waals surface area contributed by atoms with E-state index < -0.39 is 11.3 Å². The molecule has 1 fully saturated rings. The maximum atomic E-state index is 12.7.